The van der Waals surface area contributed by atoms with Gasteiger partial charge >= 0.3 is 5.69 Å². The Morgan fingerprint density at radius 3 is 2.58 bits per heavy atom. The minimum Gasteiger partial charge on any atom is -0.296 e. The lowest BCUT2D eigenvalue weighted by Crippen LogP contribution is -2.27. The summed E-state index contributed by atoms with van der Waals surface area (Å²) >= 11 is 0. The summed E-state index contributed by atoms with van der Waals surface area (Å²) in [5.41, 5.74) is 5.13. The molecule has 4 aromatic rings. The summed E-state index contributed by atoms with van der Waals surface area (Å²) in [5, 5.41) is 14.3. The van der Waals surface area contributed by atoms with Crippen molar-refractivity contribution in [3.05, 3.63) is 70.7 Å². The molecule has 0 fully saturated rings. The summed E-state index contributed by atoms with van der Waals surface area (Å²) in [6, 6.07) is 10.4. The third kappa shape index (κ3) is 4.94. The highest BCUT2D eigenvalue weighted by molar-refractivity contribution is 5.79. The van der Waals surface area contributed by atoms with Crippen LogP contribution >= 0.6 is 0 Å². The molecule has 8 heteroatoms. The maximum atomic E-state index is 13.2. The fourth-order valence-electron chi connectivity index (χ4n) is 4.06. The molecule has 172 valence electrons. The number of hydrogen-bond acceptors (Lipinski definition) is 5. The van der Waals surface area contributed by atoms with Crippen LogP contribution in [0.4, 0.5) is 0 Å². The molecule has 0 radical (unpaired) electrons. The highest BCUT2D eigenvalue weighted by atomic mass is 16.1. The molecule has 0 spiro atoms. The molecular formula is C25H31N7O. The van der Waals surface area contributed by atoms with Crippen LogP contribution in [0, 0.1) is 0 Å². The van der Waals surface area contributed by atoms with Crippen molar-refractivity contribution >= 4 is 0 Å². The Morgan fingerprint density at radius 1 is 1.06 bits per heavy atom. The molecule has 0 amide bonds. The van der Waals surface area contributed by atoms with E-state index in [4.69, 9.17) is 0 Å². The van der Waals surface area contributed by atoms with Crippen LogP contribution in [0.2, 0.25) is 0 Å². The quantitative estimate of drug-likeness (QED) is 0.359. The Balaban J connectivity index is 1.61. The number of aromatic nitrogens is 7. The van der Waals surface area contributed by atoms with Crippen LogP contribution < -0.4 is 5.69 Å². The van der Waals surface area contributed by atoms with Gasteiger partial charge in [0.15, 0.2) is 0 Å². The Labute approximate surface area is 193 Å². The van der Waals surface area contributed by atoms with E-state index in [1.165, 1.54) is 12.8 Å². The van der Waals surface area contributed by atoms with E-state index in [0.717, 1.165) is 47.2 Å². The van der Waals surface area contributed by atoms with E-state index in [1.807, 2.05) is 15.2 Å². The molecule has 4 rings (SSSR count). The molecule has 1 atom stereocenters. The molecule has 33 heavy (non-hydrogen) atoms. The maximum Gasteiger partial charge on any atom is 0.328 e. The molecule has 8 nitrogen and oxygen atoms in total. The number of aromatic amines is 1. The van der Waals surface area contributed by atoms with Crippen LogP contribution in [0.3, 0.4) is 0 Å². The molecule has 0 aliphatic carbocycles. The van der Waals surface area contributed by atoms with Crippen molar-refractivity contribution in [3.63, 3.8) is 0 Å². The second-order valence-electron chi connectivity index (χ2n) is 8.46. The second kappa shape index (κ2) is 10.4. The third-order valence-electron chi connectivity index (χ3n) is 6.20. The molecule has 0 bridgehead atoms. The van der Waals surface area contributed by atoms with E-state index in [9.17, 15) is 4.79 Å². The molecule has 0 saturated carbocycles. The molecule has 0 aliphatic rings. The first kappa shape index (κ1) is 22.6. The van der Waals surface area contributed by atoms with Gasteiger partial charge in [-0.2, -0.15) is 5.21 Å². The zero-order valence-corrected chi connectivity index (χ0v) is 19.5. The van der Waals surface area contributed by atoms with Crippen molar-refractivity contribution in [2.75, 3.05) is 0 Å². The van der Waals surface area contributed by atoms with E-state index in [0.29, 0.717) is 12.4 Å². The van der Waals surface area contributed by atoms with Gasteiger partial charge in [0.2, 0.25) is 5.82 Å². The molecular weight excluding hydrogens is 414 g/mol. The number of aryl methyl sites for hydroxylation is 1. The van der Waals surface area contributed by atoms with Gasteiger partial charge in [0, 0.05) is 35.9 Å². The number of rotatable bonds is 10. The first-order chi connectivity index (χ1) is 16.1. The Bertz CT molecular complexity index is 1220. The number of H-pyrrole nitrogens is 1. The molecule has 0 saturated heterocycles. The van der Waals surface area contributed by atoms with Crippen LogP contribution in [-0.4, -0.2) is 34.7 Å². The third-order valence-corrected chi connectivity index (χ3v) is 6.20. The fourth-order valence-corrected chi connectivity index (χ4v) is 4.06. The molecule has 0 aliphatic heterocycles. The number of pyridine rings is 1. The monoisotopic (exact) mass is 445 g/mol. The molecule has 3 aromatic heterocycles. The standard InChI is InChI=1S/C25H31N7O/c1-4-6-7-8-21-17-31(18(3)5-2)25(33)32(21)16-19-9-11-20(12-10-19)22-13-14-26-15-23(22)24-27-29-30-28-24/h9-15,17-18H,4-8,16H2,1-3H3,(H,27,28,29,30). The second-order valence-corrected chi connectivity index (χ2v) is 8.46. The number of benzene rings is 1. The Hall–Kier alpha value is -3.55. The predicted molar refractivity (Wildman–Crippen MR) is 129 cm³/mol. The average molecular weight is 446 g/mol. The van der Waals surface area contributed by atoms with Crippen molar-refractivity contribution in [1.82, 2.24) is 34.7 Å². The Kier molecular flexibility index (Phi) is 7.12. The lowest BCUT2D eigenvalue weighted by Gasteiger charge is -2.10. The largest absolute Gasteiger partial charge is 0.328 e. The predicted octanol–water partition coefficient (Wildman–Crippen LogP) is 4.64. The highest BCUT2D eigenvalue weighted by Crippen LogP contribution is 2.29. The van der Waals surface area contributed by atoms with Gasteiger partial charge in [0.1, 0.15) is 0 Å². The minimum atomic E-state index is 0.0773. The zero-order valence-electron chi connectivity index (χ0n) is 19.5. The first-order valence-electron chi connectivity index (χ1n) is 11.7. The fraction of sp³-hybridized carbons (Fsp3) is 0.400. The van der Waals surface area contributed by atoms with Gasteiger partial charge in [-0.1, -0.05) is 51.0 Å². The van der Waals surface area contributed by atoms with Crippen LogP contribution in [0.25, 0.3) is 22.5 Å². The van der Waals surface area contributed by atoms with Gasteiger partial charge in [-0.05, 0) is 54.2 Å². The topological polar surface area (TPSA) is 94.3 Å². The zero-order chi connectivity index (χ0) is 23.2. The van der Waals surface area contributed by atoms with Gasteiger partial charge in [0.05, 0.1) is 6.54 Å². The highest BCUT2D eigenvalue weighted by Gasteiger charge is 2.15. The normalized spacial score (nSPS) is 12.2. The van der Waals surface area contributed by atoms with Crippen LogP contribution in [-0.2, 0) is 13.0 Å². The molecule has 3 heterocycles. The first-order valence-corrected chi connectivity index (χ1v) is 11.7. The summed E-state index contributed by atoms with van der Waals surface area (Å²) < 4.78 is 3.83. The van der Waals surface area contributed by atoms with E-state index in [2.05, 4.69) is 76.8 Å². The van der Waals surface area contributed by atoms with Gasteiger partial charge in [0.25, 0.3) is 0 Å². The Morgan fingerprint density at radius 2 is 1.88 bits per heavy atom. The summed E-state index contributed by atoms with van der Waals surface area (Å²) in [7, 11) is 0. The maximum absolute atomic E-state index is 13.2. The smallest absolute Gasteiger partial charge is 0.296 e. The van der Waals surface area contributed by atoms with E-state index < -0.39 is 0 Å². The lowest BCUT2D eigenvalue weighted by atomic mass is 10.00. The molecule has 1 unspecified atom stereocenters. The van der Waals surface area contributed by atoms with E-state index in [1.54, 1.807) is 12.4 Å². The number of nitrogens with zero attached hydrogens (tertiary/aromatic N) is 6. The number of tetrazole rings is 1. The van der Waals surface area contributed by atoms with Crippen molar-refractivity contribution in [1.29, 1.82) is 0 Å². The minimum absolute atomic E-state index is 0.0773. The number of unbranched alkanes of at least 4 members (excludes halogenated alkanes) is 2. The molecule has 1 N–H and O–H groups in total. The van der Waals surface area contributed by atoms with Crippen LogP contribution in [0.5, 0.6) is 0 Å². The summed E-state index contributed by atoms with van der Waals surface area (Å²) in [6.45, 7) is 6.99. The van der Waals surface area contributed by atoms with Crippen molar-refractivity contribution < 1.29 is 0 Å². The van der Waals surface area contributed by atoms with Crippen LogP contribution in [0.15, 0.2) is 53.7 Å². The van der Waals surface area contributed by atoms with Gasteiger partial charge in [-0.3, -0.25) is 14.1 Å². The van der Waals surface area contributed by atoms with E-state index >= 15 is 0 Å². The summed E-state index contributed by atoms with van der Waals surface area (Å²) in [5.74, 6) is 0.511. The summed E-state index contributed by atoms with van der Waals surface area (Å²) in [4.78, 5) is 17.4. The van der Waals surface area contributed by atoms with Crippen molar-refractivity contribution in [2.24, 2.45) is 0 Å². The van der Waals surface area contributed by atoms with Gasteiger partial charge in [-0.25, -0.2) is 4.79 Å². The van der Waals surface area contributed by atoms with E-state index in [-0.39, 0.29) is 11.7 Å². The number of hydrogen-bond donors (Lipinski definition) is 1. The van der Waals surface area contributed by atoms with Gasteiger partial charge in [-0.15, -0.1) is 10.2 Å². The van der Waals surface area contributed by atoms with Gasteiger partial charge < -0.3 is 0 Å². The number of imidazole rings is 1. The lowest BCUT2D eigenvalue weighted by molar-refractivity contribution is 0.504. The van der Waals surface area contributed by atoms with Crippen molar-refractivity contribution in [3.8, 4) is 22.5 Å². The average Bonchev–Trinajstić information content (AvgIpc) is 3.49. The SMILES string of the molecule is CCCCCc1cn(C(C)CC)c(=O)n1Cc1ccc(-c2ccncc2-c2nn[nH]n2)cc1. The van der Waals surface area contributed by atoms with Crippen LogP contribution in [0.1, 0.15) is 63.8 Å². The van der Waals surface area contributed by atoms with Crippen molar-refractivity contribution in [2.45, 2.75) is 65.5 Å². The number of nitrogens with one attached hydrogen (secondary N) is 1. The molecule has 1 aromatic carbocycles. The summed E-state index contributed by atoms with van der Waals surface area (Å²) in [6.07, 6.45) is 10.9.